The van der Waals surface area contributed by atoms with Crippen molar-refractivity contribution in [2.75, 3.05) is 82.8 Å². The Hall–Kier alpha value is -7.22. The first kappa shape index (κ1) is 51.3. The number of rotatable bonds is 17. The SMILES string of the molecule is CC1(C)OC[C@H](COc2ccnc(NC(=O)N3c4nc(C(=O)CCc5nccs5)ccc4N4CC[C@H]3C4)c2)O1.O=C(CCc1nccs1)c1ccc2c(n1)N(C(=O)Nc1cc(OC[C@H](O)CO)ccn1)[C@H]1CCN2C1. The van der Waals surface area contributed by atoms with E-state index in [1.807, 2.05) is 36.7 Å². The number of pyridine rings is 4. The number of amides is 4. The van der Waals surface area contributed by atoms with E-state index < -0.39 is 24.5 Å². The average molecular weight is 1060 g/mol. The van der Waals surface area contributed by atoms with E-state index in [-0.39, 0.29) is 48.2 Å². The summed E-state index contributed by atoms with van der Waals surface area (Å²) in [7, 11) is 0. The van der Waals surface area contributed by atoms with Gasteiger partial charge in [0.1, 0.15) is 59.9 Å². The number of carbonyl (C=O) groups excluding carboxylic acids is 4. The molecule has 0 spiro atoms. The number of nitrogens with zero attached hydrogens (tertiary/aromatic N) is 10. The fraction of sp³-hybridized carbons (Fsp3) is 0.412. The molecule has 392 valence electrons. The van der Waals surface area contributed by atoms with Crippen molar-refractivity contribution in [3.05, 3.63) is 105 Å². The number of fused-ring (bicyclic) bond motifs is 8. The first-order valence-corrected chi connectivity index (χ1v) is 26.5. The van der Waals surface area contributed by atoms with Crippen LogP contribution in [0.2, 0.25) is 0 Å². The van der Waals surface area contributed by atoms with Gasteiger partial charge in [0.25, 0.3) is 0 Å². The molecule has 6 aromatic rings. The van der Waals surface area contributed by atoms with Crippen LogP contribution in [0.4, 0.5) is 44.2 Å². The van der Waals surface area contributed by atoms with Crippen LogP contribution >= 0.6 is 22.7 Å². The van der Waals surface area contributed by atoms with Crippen LogP contribution < -0.4 is 39.7 Å². The number of Topliss-reactive ketones (excluding diaryl/α,β-unsaturated/α-hetero) is 2. The van der Waals surface area contributed by atoms with Gasteiger partial charge >= 0.3 is 12.1 Å². The maximum Gasteiger partial charge on any atom is 0.329 e. The van der Waals surface area contributed by atoms with Crippen LogP contribution in [0, 0.1) is 0 Å². The van der Waals surface area contributed by atoms with E-state index in [1.165, 1.54) is 28.9 Å². The Balaban J connectivity index is 0.000000172. The highest BCUT2D eigenvalue weighted by molar-refractivity contribution is 7.09. The maximum absolute atomic E-state index is 13.6. The van der Waals surface area contributed by atoms with Crippen LogP contribution in [-0.4, -0.2) is 146 Å². The fourth-order valence-electron chi connectivity index (χ4n) is 9.46. The molecule has 4 bridgehead atoms. The van der Waals surface area contributed by atoms with E-state index >= 15 is 0 Å². The zero-order chi connectivity index (χ0) is 52.1. The van der Waals surface area contributed by atoms with Crippen molar-refractivity contribution in [2.24, 2.45) is 0 Å². The molecule has 0 unspecified atom stereocenters. The molecule has 0 radical (unpaired) electrons. The molecule has 0 aliphatic carbocycles. The molecule has 5 aliphatic rings. The second-order valence-corrected chi connectivity index (χ2v) is 20.8. The number of hydrogen-bond donors (Lipinski definition) is 4. The van der Waals surface area contributed by atoms with Crippen LogP contribution in [0.25, 0.3) is 0 Å². The first-order chi connectivity index (χ1) is 36.4. The topological polar surface area (TPSA) is 260 Å². The Morgan fingerprint density at radius 3 is 1.72 bits per heavy atom. The third-order valence-electron chi connectivity index (χ3n) is 13.1. The van der Waals surface area contributed by atoms with Crippen molar-refractivity contribution >= 4 is 80.9 Å². The molecule has 75 heavy (non-hydrogen) atoms. The van der Waals surface area contributed by atoms with Crippen LogP contribution in [0.15, 0.2) is 84.1 Å². The Kier molecular flexibility index (Phi) is 15.5. The lowest BCUT2D eigenvalue weighted by Crippen LogP contribution is -2.48. The molecule has 3 fully saturated rings. The molecule has 24 heteroatoms. The average Bonchev–Trinajstić information content (AvgIpc) is 4.31. The fourth-order valence-corrected chi connectivity index (χ4v) is 10.7. The van der Waals surface area contributed by atoms with Crippen molar-refractivity contribution in [1.82, 2.24) is 29.9 Å². The van der Waals surface area contributed by atoms with Gasteiger partial charge in [0.05, 0.1) is 46.7 Å². The summed E-state index contributed by atoms with van der Waals surface area (Å²) in [5.41, 5.74) is 2.34. The van der Waals surface area contributed by atoms with Gasteiger partial charge in [0.15, 0.2) is 29.0 Å². The van der Waals surface area contributed by atoms with Crippen molar-refractivity contribution in [1.29, 1.82) is 0 Å². The van der Waals surface area contributed by atoms with Crippen LogP contribution in [0.1, 0.15) is 70.5 Å². The molecule has 4 N–H and O–H groups in total. The lowest BCUT2D eigenvalue weighted by atomic mass is 10.1. The molecule has 0 aromatic carbocycles. The lowest BCUT2D eigenvalue weighted by molar-refractivity contribution is -0.141. The highest BCUT2D eigenvalue weighted by atomic mass is 32.1. The predicted molar refractivity (Wildman–Crippen MR) is 280 cm³/mol. The highest BCUT2D eigenvalue weighted by Gasteiger charge is 2.42. The molecule has 0 saturated carbocycles. The molecule has 11 rings (SSSR count). The van der Waals surface area contributed by atoms with Gasteiger partial charge in [-0.1, -0.05) is 0 Å². The third-order valence-corrected chi connectivity index (χ3v) is 14.8. The molecular weight excluding hydrogens is 1000 g/mol. The maximum atomic E-state index is 13.6. The number of aliphatic hydroxyl groups excluding tert-OH is 2. The number of ketones is 2. The number of hydrogen-bond acceptors (Lipinski definition) is 20. The molecule has 11 heterocycles. The Morgan fingerprint density at radius 2 is 1.25 bits per heavy atom. The summed E-state index contributed by atoms with van der Waals surface area (Å²) in [5.74, 6) is 1.75. The third kappa shape index (κ3) is 12.2. The molecule has 5 aliphatic heterocycles. The van der Waals surface area contributed by atoms with Crippen LogP contribution in [0.3, 0.4) is 0 Å². The van der Waals surface area contributed by atoms with Gasteiger partial charge in [0, 0.05) is 99.5 Å². The summed E-state index contributed by atoms with van der Waals surface area (Å²) in [6, 6.07) is 12.9. The van der Waals surface area contributed by atoms with E-state index in [0.29, 0.717) is 85.8 Å². The van der Waals surface area contributed by atoms with Gasteiger partial charge in [-0.3, -0.25) is 30.0 Å². The second kappa shape index (κ2) is 22.7. The summed E-state index contributed by atoms with van der Waals surface area (Å²) >= 11 is 3.04. The minimum absolute atomic E-state index is 0.0482. The number of urea groups is 2. The van der Waals surface area contributed by atoms with E-state index in [9.17, 15) is 24.3 Å². The van der Waals surface area contributed by atoms with Crippen molar-refractivity contribution < 1.29 is 48.3 Å². The van der Waals surface area contributed by atoms with Gasteiger partial charge in [-0.15, -0.1) is 22.7 Å². The standard InChI is InChI=1S/C27H30N6O5S.C24H26N6O5S/c1-27(2)37-16-19(38-27)15-36-18-7-9-28-23(13-18)31-26(35)33-17-8-11-32(14-17)21-4-3-20(30-25(21)33)22(34)5-6-24-29-10-12-39-24;31-13-16(32)14-35-17-5-7-25-21(11-17)28-24(34)30-15-6-9-29(12-15)19-2-1-18(27-23(19)30)20(33)3-4-22-26-8-10-36-22/h3-4,7,9-10,12-13,17,19H,5-6,8,11,14-16H2,1-2H3,(H,28,31,35);1-2,5,7-8,10-11,15-16,31-32H,3-4,6,9,12-14H2,(H,25,28,34)/t17-,19-;15-,16+/m00/s1. The highest BCUT2D eigenvalue weighted by Crippen LogP contribution is 2.41. The van der Waals surface area contributed by atoms with E-state index in [0.717, 1.165) is 53.9 Å². The van der Waals surface area contributed by atoms with E-state index in [1.54, 1.807) is 64.8 Å². The monoisotopic (exact) mass is 1060 g/mol. The largest absolute Gasteiger partial charge is 0.491 e. The van der Waals surface area contributed by atoms with Gasteiger partial charge in [-0.2, -0.15) is 0 Å². The summed E-state index contributed by atoms with van der Waals surface area (Å²) in [6.07, 6.45) is 8.65. The van der Waals surface area contributed by atoms with Crippen molar-refractivity contribution in [3.8, 4) is 11.5 Å². The molecule has 22 nitrogen and oxygen atoms in total. The molecule has 6 aromatic heterocycles. The van der Waals surface area contributed by atoms with Gasteiger partial charge in [-0.25, -0.2) is 39.5 Å². The number of aryl methyl sites for hydroxylation is 2. The zero-order valence-electron chi connectivity index (χ0n) is 41.2. The zero-order valence-corrected chi connectivity index (χ0v) is 42.9. The predicted octanol–water partition coefficient (Wildman–Crippen LogP) is 6.02. The number of ether oxygens (including phenoxy) is 4. The van der Waals surface area contributed by atoms with Crippen LogP contribution in [-0.2, 0) is 22.3 Å². The molecular formula is C51H56N12O10S2. The number of aromatic nitrogens is 6. The second-order valence-electron chi connectivity index (χ2n) is 18.8. The van der Waals surface area contributed by atoms with Gasteiger partial charge in [-0.05, 0) is 63.1 Å². The van der Waals surface area contributed by atoms with Crippen LogP contribution in [0.5, 0.6) is 11.5 Å². The van der Waals surface area contributed by atoms with Gasteiger partial charge < -0.3 is 39.0 Å². The summed E-state index contributed by atoms with van der Waals surface area (Å²) in [5, 5.41) is 29.7. The quantitative estimate of drug-likeness (QED) is 0.0761. The number of carbonyl (C=O) groups is 4. The molecule has 4 atom stereocenters. The Labute approximate surface area is 439 Å². The van der Waals surface area contributed by atoms with Gasteiger partial charge in [0.2, 0.25) is 0 Å². The number of anilines is 6. The first-order valence-electron chi connectivity index (χ1n) is 24.7. The number of nitrogens with one attached hydrogen (secondary N) is 2. The normalized spacial score (nSPS) is 19.1. The summed E-state index contributed by atoms with van der Waals surface area (Å²) in [6.45, 7) is 7.04. The summed E-state index contributed by atoms with van der Waals surface area (Å²) in [4.78, 5) is 86.8. The Bertz CT molecular complexity index is 3000. The number of thiazole rings is 2. The molecule has 4 amide bonds. The van der Waals surface area contributed by atoms with Crippen molar-refractivity contribution in [3.63, 3.8) is 0 Å². The minimum atomic E-state index is -1.00. The van der Waals surface area contributed by atoms with E-state index in [4.69, 9.17) is 24.1 Å². The summed E-state index contributed by atoms with van der Waals surface area (Å²) < 4.78 is 22.7. The smallest absolute Gasteiger partial charge is 0.329 e. The van der Waals surface area contributed by atoms with E-state index in [2.05, 4.69) is 50.3 Å². The minimum Gasteiger partial charge on any atom is -0.491 e. The lowest BCUT2D eigenvalue weighted by Gasteiger charge is -2.35. The Morgan fingerprint density at radius 1 is 0.733 bits per heavy atom. The van der Waals surface area contributed by atoms with Crippen molar-refractivity contribution in [2.45, 2.75) is 82.5 Å². The molecule has 3 saturated heterocycles. The number of aliphatic hydroxyl groups is 2.